The topological polar surface area (TPSA) is 79.9 Å². The molecule has 2 heterocycles. The normalized spacial score (nSPS) is 21.6. The minimum atomic E-state index is -0.0573. The summed E-state index contributed by atoms with van der Waals surface area (Å²) in [7, 11) is 3.13. The number of nitrogens with one attached hydrogen (secondary N) is 2. The van der Waals surface area contributed by atoms with Crippen LogP contribution in [0.4, 0.5) is 0 Å². The van der Waals surface area contributed by atoms with Crippen LogP contribution >= 0.6 is 12.4 Å². The Labute approximate surface area is 172 Å². The highest BCUT2D eigenvalue weighted by molar-refractivity contribution is 5.95. The van der Waals surface area contributed by atoms with Crippen LogP contribution in [0.1, 0.15) is 36.0 Å². The zero-order chi connectivity index (χ0) is 19.2. The molecule has 3 rings (SSSR count). The molecule has 156 valence electrons. The molecule has 0 spiro atoms. The maximum absolute atomic E-state index is 12.9. The molecule has 2 saturated heterocycles. The molecule has 28 heavy (non-hydrogen) atoms. The van der Waals surface area contributed by atoms with E-state index >= 15 is 0 Å². The lowest BCUT2D eigenvalue weighted by molar-refractivity contribution is -0.123. The smallest absolute Gasteiger partial charge is 0.254 e. The fraction of sp³-hybridized carbons (Fsp3) is 0.600. The predicted octanol–water partition coefficient (Wildman–Crippen LogP) is 1.85. The predicted molar refractivity (Wildman–Crippen MR) is 109 cm³/mol. The van der Waals surface area contributed by atoms with Crippen molar-refractivity contribution in [1.29, 1.82) is 0 Å². The van der Waals surface area contributed by atoms with Gasteiger partial charge in [-0.25, -0.2) is 0 Å². The van der Waals surface area contributed by atoms with Crippen LogP contribution in [0, 0.1) is 5.92 Å². The Morgan fingerprint density at radius 1 is 1.18 bits per heavy atom. The molecule has 0 aliphatic carbocycles. The average molecular weight is 412 g/mol. The van der Waals surface area contributed by atoms with E-state index < -0.39 is 0 Å². The van der Waals surface area contributed by atoms with E-state index in [2.05, 4.69) is 10.6 Å². The van der Waals surface area contributed by atoms with Crippen molar-refractivity contribution in [3.63, 3.8) is 0 Å². The molecule has 0 bridgehead atoms. The van der Waals surface area contributed by atoms with E-state index in [1.807, 2.05) is 4.90 Å². The van der Waals surface area contributed by atoms with Crippen molar-refractivity contribution in [3.05, 3.63) is 23.8 Å². The molecule has 2 N–H and O–H groups in total. The highest BCUT2D eigenvalue weighted by Crippen LogP contribution is 2.28. The lowest BCUT2D eigenvalue weighted by Gasteiger charge is -2.33. The molecule has 2 unspecified atom stereocenters. The number of carbonyl (C=O) groups is 2. The summed E-state index contributed by atoms with van der Waals surface area (Å²) >= 11 is 0. The van der Waals surface area contributed by atoms with Gasteiger partial charge in [0.25, 0.3) is 5.91 Å². The zero-order valence-corrected chi connectivity index (χ0v) is 17.3. The van der Waals surface area contributed by atoms with Gasteiger partial charge in [-0.1, -0.05) is 0 Å². The van der Waals surface area contributed by atoms with Crippen molar-refractivity contribution in [2.45, 2.75) is 31.7 Å². The molecule has 0 saturated carbocycles. The van der Waals surface area contributed by atoms with Crippen LogP contribution < -0.4 is 20.1 Å². The highest BCUT2D eigenvalue weighted by atomic mass is 35.5. The molecule has 1 aromatic rings. The summed E-state index contributed by atoms with van der Waals surface area (Å²) < 4.78 is 10.5. The van der Waals surface area contributed by atoms with Crippen molar-refractivity contribution in [1.82, 2.24) is 15.5 Å². The van der Waals surface area contributed by atoms with Gasteiger partial charge < -0.3 is 25.0 Å². The Bertz CT molecular complexity index is 679. The van der Waals surface area contributed by atoms with Gasteiger partial charge in [-0.2, -0.15) is 0 Å². The molecule has 1 aromatic carbocycles. The van der Waals surface area contributed by atoms with E-state index in [1.54, 1.807) is 32.4 Å². The fourth-order valence-electron chi connectivity index (χ4n) is 3.84. The largest absolute Gasteiger partial charge is 0.493 e. The monoisotopic (exact) mass is 411 g/mol. The number of likely N-dealkylation sites (tertiary alicyclic amines) is 1. The van der Waals surface area contributed by atoms with Crippen molar-refractivity contribution >= 4 is 24.2 Å². The number of rotatable bonds is 6. The van der Waals surface area contributed by atoms with E-state index in [4.69, 9.17) is 9.47 Å². The van der Waals surface area contributed by atoms with Crippen LogP contribution in [0.15, 0.2) is 18.2 Å². The van der Waals surface area contributed by atoms with Crippen molar-refractivity contribution in [2.24, 2.45) is 5.92 Å². The molecule has 2 aliphatic rings. The summed E-state index contributed by atoms with van der Waals surface area (Å²) in [4.78, 5) is 26.9. The lowest BCUT2D eigenvalue weighted by atomic mass is 9.97. The summed E-state index contributed by atoms with van der Waals surface area (Å²) in [6.45, 7) is 2.93. The van der Waals surface area contributed by atoms with Crippen molar-refractivity contribution in [3.8, 4) is 11.5 Å². The van der Waals surface area contributed by atoms with E-state index in [0.717, 1.165) is 38.8 Å². The molecule has 2 amide bonds. The number of hydrogen-bond acceptors (Lipinski definition) is 5. The van der Waals surface area contributed by atoms with Crippen LogP contribution in [0.2, 0.25) is 0 Å². The number of hydrogen-bond donors (Lipinski definition) is 2. The van der Waals surface area contributed by atoms with E-state index in [-0.39, 0.29) is 36.2 Å². The standard InChI is InChI=1S/C20H29N3O4.ClH/c1-26-17-8-7-15(11-18(17)27-2)20(25)23-10-4-5-14(13-23)12-22-19(24)16-6-3-9-21-16;/h7-8,11,14,16,21H,3-6,9-10,12-13H2,1-2H3,(H,22,24);1H. The van der Waals surface area contributed by atoms with Gasteiger partial charge in [-0.15, -0.1) is 12.4 Å². The molecule has 0 aromatic heterocycles. The molecule has 2 fully saturated rings. The van der Waals surface area contributed by atoms with Crippen molar-refractivity contribution in [2.75, 3.05) is 40.4 Å². The zero-order valence-electron chi connectivity index (χ0n) is 16.5. The number of methoxy groups -OCH3 is 2. The molecule has 0 radical (unpaired) electrons. The van der Waals surface area contributed by atoms with Gasteiger partial charge in [0, 0.05) is 25.2 Å². The number of ether oxygens (including phenoxy) is 2. The number of amides is 2. The summed E-state index contributed by atoms with van der Waals surface area (Å²) in [6, 6.07) is 5.18. The molecular weight excluding hydrogens is 382 g/mol. The highest BCUT2D eigenvalue weighted by Gasteiger charge is 2.27. The third-order valence-corrected chi connectivity index (χ3v) is 5.38. The quantitative estimate of drug-likeness (QED) is 0.746. The number of halogens is 1. The van der Waals surface area contributed by atoms with Gasteiger partial charge in [-0.05, 0) is 56.3 Å². The first-order valence-corrected chi connectivity index (χ1v) is 9.64. The summed E-state index contributed by atoms with van der Waals surface area (Å²) in [5.41, 5.74) is 0.590. The summed E-state index contributed by atoms with van der Waals surface area (Å²) in [5.74, 6) is 1.51. The van der Waals surface area contributed by atoms with Crippen LogP contribution in [-0.4, -0.2) is 63.2 Å². The van der Waals surface area contributed by atoms with Gasteiger partial charge in [0.1, 0.15) is 0 Å². The van der Waals surface area contributed by atoms with Gasteiger partial charge >= 0.3 is 0 Å². The third kappa shape index (κ3) is 5.29. The third-order valence-electron chi connectivity index (χ3n) is 5.38. The maximum atomic E-state index is 12.9. The van der Waals surface area contributed by atoms with E-state index in [0.29, 0.717) is 30.2 Å². The Balaban J connectivity index is 0.00000280. The number of carbonyl (C=O) groups excluding carboxylic acids is 2. The lowest BCUT2D eigenvalue weighted by Crippen LogP contribution is -2.46. The van der Waals surface area contributed by atoms with Crippen LogP contribution in [0.3, 0.4) is 0 Å². The minimum Gasteiger partial charge on any atom is -0.493 e. The first-order chi connectivity index (χ1) is 13.1. The average Bonchev–Trinajstić information content (AvgIpc) is 3.26. The van der Waals surface area contributed by atoms with Crippen LogP contribution in [0.5, 0.6) is 11.5 Å². The first kappa shape index (κ1) is 22.3. The summed E-state index contributed by atoms with van der Waals surface area (Å²) in [5, 5.41) is 6.27. The molecular formula is C20H30ClN3O4. The van der Waals surface area contributed by atoms with Gasteiger partial charge in [0.05, 0.1) is 20.3 Å². The molecule has 8 heteroatoms. The second-order valence-electron chi connectivity index (χ2n) is 7.22. The second-order valence-corrected chi connectivity index (χ2v) is 7.22. The van der Waals surface area contributed by atoms with E-state index in [1.165, 1.54) is 0 Å². The second kappa shape index (κ2) is 10.5. The number of nitrogens with zero attached hydrogens (tertiary/aromatic N) is 1. The molecule has 2 aliphatic heterocycles. The van der Waals surface area contributed by atoms with E-state index in [9.17, 15) is 9.59 Å². The summed E-state index contributed by atoms with van der Waals surface area (Å²) in [6.07, 6.45) is 3.92. The first-order valence-electron chi connectivity index (χ1n) is 9.64. The Morgan fingerprint density at radius 2 is 1.96 bits per heavy atom. The number of piperidine rings is 1. The molecule has 7 nitrogen and oxygen atoms in total. The molecule has 2 atom stereocenters. The minimum absolute atomic E-state index is 0. The SMILES string of the molecule is COc1ccc(C(=O)N2CCCC(CNC(=O)C3CCCN3)C2)cc1OC.Cl. The Hall–Kier alpha value is -1.99. The van der Waals surface area contributed by atoms with Gasteiger partial charge in [0.2, 0.25) is 5.91 Å². The van der Waals surface area contributed by atoms with Crippen molar-refractivity contribution < 1.29 is 19.1 Å². The maximum Gasteiger partial charge on any atom is 0.254 e. The fourth-order valence-corrected chi connectivity index (χ4v) is 3.84. The van der Waals surface area contributed by atoms with Crippen LogP contribution in [-0.2, 0) is 4.79 Å². The Morgan fingerprint density at radius 3 is 2.64 bits per heavy atom. The van der Waals surface area contributed by atoms with Gasteiger partial charge in [0.15, 0.2) is 11.5 Å². The van der Waals surface area contributed by atoms with Crippen LogP contribution in [0.25, 0.3) is 0 Å². The van der Waals surface area contributed by atoms with Gasteiger partial charge in [-0.3, -0.25) is 9.59 Å². The number of benzene rings is 1. The Kier molecular flexibility index (Phi) is 8.38.